The summed E-state index contributed by atoms with van der Waals surface area (Å²) in [4.78, 5) is 25.2. The van der Waals surface area contributed by atoms with Crippen LogP contribution in [0.2, 0.25) is 0 Å². The van der Waals surface area contributed by atoms with Crippen molar-refractivity contribution in [2.45, 2.75) is 13.5 Å². The molecule has 0 spiro atoms. The number of carbonyl (C=O) groups is 2. The van der Waals surface area contributed by atoms with E-state index in [2.05, 4.69) is 5.32 Å². The van der Waals surface area contributed by atoms with Crippen molar-refractivity contribution in [3.63, 3.8) is 0 Å². The predicted molar refractivity (Wildman–Crippen MR) is 78.7 cm³/mol. The minimum absolute atomic E-state index is 0.133. The smallest absolute Gasteiger partial charge is 0.251 e. The molecule has 22 heavy (non-hydrogen) atoms. The fraction of sp³-hybridized carbons (Fsp3) is 0.250. The molecule has 0 atom stereocenters. The van der Waals surface area contributed by atoms with Crippen molar-refractivity contribution in [3.05, 3.63) is 59.3 Å². The van der Waals surface area contributed by atoms with Crippen LogP contribution in [-0.2, 0) is 11.3 Å². The zero-order chi connectivity index (χ0) is 16.1. The zero-order valence-corrected chi connectivity index (χ0v) is 12.4. The molecular formula is C16H17FN2O3. The van der Waals surface area contributed by atoms with Gasteiger partial charge in [0.25, 0.3) is 5.91 Å². The number of halogens is 1. The number of hydrogen-bond acceptors (Lipinski definition) is 3. The average Bonchev–Trinajstić information content (AvgIpc) is 2.90. The van der Waals surface area contributed by atoms with Crippen LogP contribution in [0.25, 0.3) is 0 Å². The van der Waals surface area contributed by atoms with Gasteiger partial charge in [0.1, 0.15) is 17.3 Å². The van der Waals surface area contributed by atoms with Gasteiger partial charge in [-0.3, -0.25) is 9.59 Å². The summed E-state index contributed by atoms with van der Waals surface area (Å²) in [5.41, 5.74) is 0.304. The lowest BCUT2D eigenvalue weighted by molar-refractivity contribution is -0.129. The highest BCUT2D eigenvalue weighted by atomic mass is 19.1. The molecule has 1 heterocycles. The summed E-state index contributed by atoms with van der Waals surface area (Å²) in [5.74, 6) is 0.375. The van der Waals surface area contributed by atoms with Crippen LogP contribution in [0.3, 0.4) is 0 Å². The topological polar surface area (TPSA) is 62.6 Å². The Morgan fingerprint density at radius 3 is 2.45 bits per heavy atom. The molecule has 0 fully saturated rings. The molecule has 2 aromatic rings. The summed E-state index contributed by atoms with van der Waals surface area (Å²) >= 11 is 0. The highest BCUT2D eigenvalue weighted by molar-refractivity contribution is 5.96. The number of hydrogen-bond donors (Lipinski definition) is 1. The van der Waals surface area contributed by atoms with E-state index in [-0.39, 0.29) is 12.5 Å². The zero-order valence-electron chi connectivity index (χ0n) is 12.4. The second kappa shape index (κ2) is 6.89. The SMILES string of the molecule is Cc1ccc(CN(C)C(=O)CNC(=O)c2ccc(F)cc2)o1. The van der Waals surface area contributed by atoms with Gasteiger partial charge in [0.05, 0.1) is 13.1 Å². The van der Waals surface area contributed by atoms with Crippen LogP contribution >= 0.6 is 0 Å². The minimum Gasteiger partial charge on any atom is -0.464 e. The first-order chi connectivity index (χ1) is 10.5. The molecule has 0 aliphatic rings. The lowest BCUT2D eigenvalue weighted by atomic mass is 10.2. The third-order valence-corrected chi connectivity index (χ3v) is 3.12. The van der Waals surface area contributed by atoms with Crippen molar-refractivity contribution in [1.82, 2.24) is 10.2 Å². The van der Waals surface area contributed by atoms with Crippen LogP contribution < -0.4 is 5.32 Å². The Labute approximate surface area is 127 Å². The summed E-state index contributed by atoms with van der Waals surface area (Å²) in [6.07, 6.45) is 0. The van der Waals surface area contributed by atoms with Gasteiger partial charge >= 0.3 is 0 Å². The molecule has 1 aromatic carbocycles. The van der Waals surface area contributed by atoms with Crippen molar-refractivity contribution >= 4 is 11.8 Å². The van der Waals surface area contributed by atoms with Crippen LogP contribution in [0.15, 0.2) is 40.8 Å². The van der Waals surface area contributed by atoms with E-state index in [1.807, 2.05) is 13.0 Å². The second-order valence-corrected chi connectivity index (χ2v) is 4.95. The van der Waals surface area contributed by atoms with E-state index in [9.17, 15) is 14.0 Å². The van der Waals surface area contributed by atoms with Gasteiger partial charge in [0.15, 0.2) is 0 Å². The quantitative estimate of drug-likeness (QED) is 0.920. The van der Waals surface area contributed by atoms with E-state index in [0.717, 1.165) is 5.76 Å². The van der Waals surface area contributed by atoms with Gasteiger partial charge < -0.3 is 14.6 Å². The Balaban J connectivity index is 1.83. The Hall–Kier alpha value is -2.63. The summed E-state index contributed by atoms with van der Waals surface area (Å²) in [5, 5.41) is 2.51. The summed E-state index contributed by atoms with van der Waals surface area (Å²) in [6, 6.07) is 8.75. The van der Waals surface area contributed by atoms with Gasteiger partial charge in [-0.2, -0.15) is 0 Å². The summed E-state index contributed by atoms with van der Waals surface area (Å²) < 4.78 is 18.2. The fourth-order valence-electron chi connectivity index (χ4n) is 1.89. The molecule has 116 valence electrons. The maximum atomic E-state index is 12.8. The summed E-state index contributed by atoms with van der Waals surface area (Å²) in [6.45, 7) is 2.03. The number of nitrogens with zero attached hydrogens (tertiary/aromatic N) is 1. The molecule has 6 heteroatoms. The van der Waals surface area contributed by atoms with E-state index >= 15 is 0 Å². The van der Waals surface area contributed by atoms with Crippen molar-refractivity contribution < 1.29 is 18.4 Å². The number of amides is 2. The minimum atomic E-state index is -0.421. The lowest BCUT2D eigenvalue weighted by Gasteiger charge is -2.16. The van der Waals surface area contributed by atoms with E-state index in [1.165, 1.54) is 29.2 Å². The largest absolute Gasteiger partial charge is 0.464 e. The molecule has 0 aliphatic carbocycles. The number of rotatable bonds is 5. The van der Waals surface area contributed by atoms with E-state index in [4.69, 9.17) is 4.42 Å². The highest BCUT2D eigenvalue weighted by Gasteiger charge is 2.13. The Morgan fingerprint density at radius 1 is 1.18 bits per heavy atom. The van der Waals surface area contributed by atoms with Gasteiger partial charge in [-0.1, -0.05) is 0 Å². The first-order valence-corrected chi connectivity index (χ1v) is 6.79. The predicted octanol–water partition coefficient (Wildman–Crippen LogP) is 2.12. The van der Waals surface area contributed by atoms with Gasteiger partial charge in [0.2, 0.25) is 5.91 Å². The number of carbonyl (C=O) groups excluding carboxylic acids is 2. The molecule has 0 saturated heterocycles. The number of furan rings is 1. The fourth-order valence-corrected chi connectivity index (χ4v) is 1.89. The Bertz CT molecular complexity index is 664. The van der Waals surface area contributed by atoms with Gasteiger partial charge in [0, 0.05) is 12.6 Å². The standard InChI is InChI=1S/C16H17FN2O3/c1-11-3-8-14(22-11)10-19(2)15(20)9-18-16(21)12-4-6-13(17)7-5-12/h3-8H,9-10H2,1-2H3,(H,18,21). The molecule has 0 radical (unpaired) electrons. The number of nitrogens with one attached hydrogen (secondary N) is 1. The van der Waals surface area contributed by atoms with Crippen LogP contribution in [0.5, 0.6) is 0 Å². The van der Waals surface area contributed by atoms with E-state index in [1.54, 1.807) is 13.1 Å². The van der Waals surface area contributed by atoms with E-state index < -0.39 is 11.7 Å². The first-order valence-electron chi connectivity index (χ1n) is 6.79. The molecule has 0 bridgehead atoms. The van der Waals surface area contributed by atoms with E-state index in [0.29, 0.717) is 17.9 Å². The number of aryl methyl sites for hydroxylation is 1. The highest BCUT2D eigenvalue weighted by Crippen LogP contribution is 2.08. The normalized spacial score (nSPS) is 10.3. The van der Waals surface area contributed by atoms with Crippen LogP contribution in [-0.4, -0.2) is 30.3 Å². The summed E-state index contributed by atoms with van der Waals surface area (Å²) in [7, 11) is 1.63. The average molecular weight is 304 g/mol. The third-order valence-electron chi connectivity index (χ3n) is 3.12. The molecule has 0 saturated carbocycles. The molecular weight excluding hydrogens is 287 g/mol. The van der Waals surface area contributed by atoms with Crippen LogP contribution in [0, 0.1) is 12.7 Å². The maximum Gasteiger partial charge on any atom is 0.251 e. The molecule has 2 amide bonds. The lowest BCUT2D eigenvalue weighted by Crippen LogP contribution is -2.37. The molecule has 1 aromatic heterocycles. The van der Waals surface area contributed by atoms with Gasteiger partial charge in [-0.15, -0.1) is 0 Å². The second-order valence-electron chi connectivity index (χ2n) is 4.95. The van der Waals surface area contributed by atoms with Gasteiger partial charge in [-0.05, 0) is 43.3 Å². The first kappa shape index (κ1) is 15.8. The van der Waals surface area contributed by atoms with Crippen molar-refractivity contribution in [1.29, 1.82) is 0 Å². The molecule has 2 rings (SSSR count). The number of benzene rings is 1. The third kappa shape index (κ3) is 4.18. The maximum absolute atomic E-state index is 12.8. The molecule has 0 aliphatic heterocycles. The Kier molecular flexibility index (Phi) is 4.93. The van der Waals surface area contributed by atoms with Crippen molar-refractivity contribution in [2.24, 2.45) is 0 Å². The van der Waals surface area contributed by atoms with Crippen molar-refractivity contribution in [3.8, 4) is 0 Å². The van der Waals surface area contributed by atoms with Crippen molar-refractivity contribution in [2.75, 3.05) is 13.6 Å². The number of likely N-dealkylation sites (N-methyl/N-ethyl adjacent to an activating group) is 1. The molecule has 0 unspecified atom stereocenters. The molecule has 1 N–H and O–H groups in total. The van der Waals surface area contributed by atoms with Crippen LogP contribution in [0.4, 0.5) is 4.39 Å². The Morgan fingerprint density at radius 2 is 1.86 bits per heavy atom. The van der Waals surface area contributed by atoms with Crippen LogP contribution in [0.1, 0.15) is 21.9 Å². The van der Waals surface area contributed by atoms with Gasteiger partial charge in [-0.25, -0.2) is 4.39 Å². The monoisotopic (exact) mass is 304 g/mol. The molecule has 5 nitrogen and oxygen atoms in total.